The van der Waals surface area contributed by atoms with Gasteiger partial charge in [-0.2, -0.15) is 0 Å². The molecule has 114 valence electrons. The van der Waals surface area contributed by atoms with Crippen LogP contribution in [0.4, 0.5) is 0 Å². The van der Waals surface area contributed by atoms with Crippen molar-refractivity contribution < 1.29 is 18.3 Å². The summed E-state index contributed by atoms with van der Waals surface area (Å²) in [6.45, 7) is 0. The number of carbonyl (C=O) groups excluding carboxylic acids is 1. The van der Waals surface area contributed by atoms with Gasteiger partial charge in [0.1, 0.15) is 5.25 Å². The van der Waals surface area contributed by atoms with Gasteiger partial charge >= 0.3 is 5.97 Å². The molecule has 0 fully saturated rings. The van der Waals surface area contributed by atoms with E-state index in [4.69, 9.17) is 0 Å². The fourth-order valence-corrected chi connectivity index (χ4v) is 2.67. The molecule has 2 aromatic rings. The van der Waals surface area contributed by atoms with Crippen LogP contribution in [-0.4, -0.2) is 26.8 Å². The summed E-state index contributed by atoms with van der Waals surface area (Å²) in [7, 11) is 1.31. The normalized spacial score (nSPS) is 13.7. The summed E-state index contributed by atoms with van der Waals surface area (Å²) in [5.74, 6) is -0.438. The molecular weight excluding hydrogens is 302 g/mol. The van der Waals surface area contributed by atoms with Gasteiger partial charge in [-0.15, -0.1) is 0 Å². The zero-order chi connectivity index (χ0) is 15.9. The molecular formula is C16H15NO4S. The Bertz CT molecular complexity index is 683. The first kappa shape index (κ1) is 16.1. The SMILES string of the molecule is COC(=O)C=Cc1ccc(C(c2ccccn2)S(=O)O)cc1. The van der Waals surface area contributed by atoms with E-state index in [0.29, 0.717) is 11.3 Å². The Kier molecular flexibility index (Phi) is 5.57. The molecule has 0 aliphatic rings. The Labute approximate surface area is 130 Å². The molecule has 1 aromatic carbocycles. The molecule has 2 unspecified atom stereocenters. The van der Waals surface area contributed by atoms with Crippen molar-refractivity contribution in [2.45, 2.75) is 5.25 Å². The van der Waals surface area contributed by atoms with E-state index >= 15 is 0 Å². The van der Waals surface area contributed by atoms with Crippen molar-refractivity contribution in [2.24, 2.45) is 0 Å². The van der Waals surface area contributed by atoms with Crippen molar-refractivity contribution in [1.29, 1.82) is 0 Å². The molecule has 22 heavy (non-hydrogen) atoms. The summed E-state index contributed by atoms with van der Waals surface area (Å²) in [5.41, 5.74) is 1.99. The van der Waals surface area contributed by atoms with Gasteiger partial charge in [-0.05, 0) is 29.3 Å². The summed E-state index contributed by atoms with van der Waals surface area (Å²) in [5, 5.41) is -0.708. The van der Waals surface area contributed by atoms with Crippen LogP contribution in [-0.2, 0) is 20.6 Å². The number of methoxy groups -OCH3 is 1. The van der Waals surface area contributed by atoms with E-state index in [9.17, 15) is 13.6 Å². The lowest BCUT2D eigenvalue weighted by atomic mass is 10.1. The summed E-state index contributed by atoms with van der Waals surface area (Å²) in [6, 6.07) is 12.2. The van der Waals surface area contributed by atoms with E-state index in [0.717, 1.165) is 5.56 Å². The number of nitrogens with zero attached hydrogens (tertiary/aromatic N) is 1. The third-order valence-electron chi connectivity index (χ3n) is 3.01. The molecule has 0 saturated heterocycles. The maximum atomic E-state index is 11.6. The minimum absolute atomic E-state index is 0.438. The largest absolute Gasteiger partial charge is 0.466 e. The van der Waals surface area contributed by atoms with E-state index < -0.39 is 22.3 Å². The first-order valence-electron chi connectivity index (χ1n) is 6.48. The minimum atomic E-state index is -2.08. The third kappa shape index (κ3) is 4.09. The molecule has 5 nitrogen and oxygen atoms in total. The van der Waals surface area contributed by atoms with Crippen LogP contribution in [0.25, 0.3) is 6.08 Å². The zero-order valence-corrected chi connectivity index (χ0v) is 12.7. The zero-order valence-electron chi connectivity index (χ0n) is 11.9. The van der Waals surface area contributed by atoms with Crippen molar-refractivity contribution in [3.63, 3.8) is 0 Å². The molecule has 0 spiro atoms. The molecule has 0 amide bonds. The van der Waals surface area contributed by atoms with Gasteiger partial charge in [0, 0.05) is 12.3 Å². The van der Waals surface area contributed by atoms with Crippen LogP contribution in [0.5, 0.6) is 0 Å². The van der Waals surface area contributed by atoms with E-state index in [-0.39, 0.29) is 0 Å². The van der Waals surface area contributed by atoms with Crippen LogP contribution in [0.1, 0.15) is 22.1 Å². The molecule has 6 heteroatoms. The third-order valence-corrected chi connectivity index (χ3v) is 3.93. The number of hydrogen-bond donors (Lipinski definition) is 1. The number of rotatable bonds is 5. The first-order chi connectivity index (χ1) is 10.6. The Hall–Kier alpha value is -2.31. The van der Waals surface area contributed by atoms with Gasteiger partial charge < -0.3 is 9.29 Å². The fourth-order valence-electron chi connectivity index (χ4n) is 1.94. The molecule has 0 radical (unpaired) electrons. The Balaban J connectivity index is 2.26. The maximum absolute atomic E-state index is 11.6. The van der Waals surface area contributed by atoms with Crippen molar-refractivity contribution in [3.8, 4) is 0 Å². The van der Waals surface area contributed by atoms with Gasteiger partial charge in [0.25, 0.3) is 0 Å². The first-order valence-corrected chi connectivity index (χ1v) is 7.65. The van der Waals surface area contributed by atoms with Gasteiger partial charge in [0.15, 0.2) is 11.1 Å². The van der Waals surface area contributed by atoms with Crippen LogP contribution < -0.4 is 0 Å². The van der Waals surface area contributed by atoms with Crippen molar-refractivity contribution in [2.75, 3.05) is 7.11 Å². The lowest BCUT2D eigenvalue weighted by Crippen LogP contribution is -2.09. The number of pyridine rings is 1. The Morgan fingerprint density at radius 3 is 2.55 bits per heavy atom. The monoisotopic (exact) mass is 317 g/mol. The number of ether oxygens (including phenoxy) is 1. The topological polar surface area (TPSA) is 76.5 Å². The highest BCUT2D eigenvalue weighted by atomic mass is 32.2. The molecule has 2 atom stereocenters. The summed E-state index contributed by atoms with van der Waals surface area (Å²) < 4.78 is 25.7. The molecule has 0 aliphatic heterocycles. The Morgan fingerprint density at radius 2 is 2.00 bits per heavy atom. The van der Waals surface area contributed by atoms with Crippen molar-refractivity contribution in [3.05, 3.63) is 71.6 Å². The Morgan fingerprint density at radius 1 is 1.27 bits per heavy atom. The quantitative estimate of drug-likeness (QED) is 0.521. The van der Waals surface area contributed by atoms with Gasteiger partial charge in [-0.1, -0.05) is 30.3 Å². The highest BCUT2D eigenvalue weighted by Gasteiger charge is 2.21. The predicted octanol–water partition coefficient (Wildman–Crippen LogP) is 2.58. The van der Waals surface area contributed by atoms with Crippen LogP contribution in [0.15, 0.2) is 54.7 Å². The number of hydrogen-bond acceptors (Lipinski definition) is 4. The van der Waals surface area contributed by atoms with E-state index in [1.54, 1.807) is 54.7 Å². The average Bonchev–Trinajstić information content (AvgIpc) is 2.54. The number of aromatic nitrogens is 1. The number of esters is 1. The van der Waals surface area contributed by atoms with E-state index in [1.165, 1.54) is 13.2 Å². The second-order valence-corrected chi connectivity index (χ2v) is 5.46. The summed E-state index contributed by atoms with van der Waals surface area (Å²) in [4.78, 5) is 15.2. The lowest BCUT2D eigenvalue weighted by Gasteiger charge is -2.13. The second-order valence-electron chi connectivity index (χ2n) is 4.43. The molecule has 1 aromatic heterocycles. The predicted molar refractivity (Wildman–Crippen MR) is 84.3 cm³/mol. The fraction of sp³-hybridized carbons (Fsp3) is 0.125. The molecule has 0 aliphatic carbocycles. The van der Waals surface area contributed by atoms with Gasteiger partial charge in [-0.25, -0.2) is 9.00 Å². The summed E-state index contributed by atoms with van der Waals surface area (Å²) >= 11 is -2.08. The highest BCUT2D eigenvalue weighted by molar-refractivity contribution is 7.79. The molecule has 2 rings (SSSR count). The smallest absolute Gasteiger partial charge is 0.330 e. The lowest BCUT2D eigenvalue weighted by molar-refractivity contribution is -0.134. The molecule has 1 N–H and O–H groups in total. The standard InChI is InChI=1S/C16H15NO4S/c1-21-15(18)10-7-12-5-8-13(9-6-12)16(22(19)20)14-4-2-3-11-17-14/h2-11,16H,1H3,(H,19,20). The van der Waals surface area contributed by atoms with Crippen LogP contribution >= 0.6 is 0 Å². The van der Waals surface area contributed by atoms with Crippen LogP contribution in [0.2, 0.25) is 0 Å². The average molecular weight is 317 g/mol. The van der Waals surface area contributed by atoms with Crippen molar-refractivity contribution >= 4 is 23.1 Å². The van der Waals surface area contributed by atoms with E-state index in [1.807, 2.05) is 0 Å². The van der Waals surface area contributed by atoms with Crippen molar-refractivity contribution in [1.82, 2.24) is 4.98 Å². The second kappa shape index (κ2) is 7.63. The maximum Gasteiger partial charge on any atom is 0.330 e. The molecule has 0 bridgehead atoms. The van der Waals surface area contributed by atoms with E-state index in [2.05, 4.69) is 9.72 Å². The highest BCUT2D eigenvalue weighted by Crippen LogP contribution is 2.26. The van der Waals surface area contributed by atoms with Gasteiger partial charge in [0.05, 0.1) is 12.8 Å². The summed E-state index contributed by atoms with van der Waals surface area (Å²) in [6.07, 6.45) is 4.51. The van der Waals surface area contributed by atoms with Crippen LogP contribution in [0, 0.1) is 0 Å². The van der Waals surface area contributed by atoms with Crippen LogP contribution in [0.3, 0.4) is 0 Å². The number of benzene rings is 1. The minimum Gasteiger partial charge on any atom is -0.466 e. The molecule has 1 heterocycles. The van der Waals surface area contributed by atoms with Gasteiger partial charge in [0.2, 0.25) is 0 Å². The van der Waals surface area contributed by atoms with Gasteiger partial charge in [-0.3, -0.25) is 4.98 Å². The molecule has 0 saturated carbocycles. The number of carbonyl (C=O) groups is 1.